The molecule has 1 fully saturated rings. The van der Waals surface area contributed by atoms with Crippen LogP contribution in [-0.2, 0) is 6.54 Å². The zero-order valence-electron chi connectivity index (χ0n) is 11.8. The summed E-state index contributed by atoms with van der Waals surface area (Å²) in [7, 11) is 3.34. The molecule has 0 radical (unpaired) electrons. The van der Waals surface area contributed by atoms with Gasteiger partial charge in [-0.2, -0.15) is 0 Å². The fourth-order valence-electron chi connectivity index (χ4n) is 2.33. The average Bonchev–Trinajstić information content (AvgIpc) is 2.41. The lowest BCUT2D eigenvalue weighted by molar-refractivity contribution is 0.165. The molecule has 2 rings (SSSR count). The monoisotopic (exact) mass is 286 g/mol. The maximum absolute atomic E-state index is 5.34. The minimum Gasteiger partial charge on any atom is -0.493 e. The molecule has 0 amide bonds. The molecule has 1 aromatic rings. The van der Waals surface area contributed by atoms with E-state index in [9.17, 15) is 0 Å². The SMILES string of the molecule is COc1ccc(CN2CCNC[C@@H]2C)cc1OC.Cl. The minimum absolute atomic E-state index is 0. The molecule has 19 heavy (non-hydrogen) atoms. The predicted molar refractivity (Wildman–Crippen MR) is 79.5 cm³/mol. The highest BCUT2D eigenvalue weighted by Gasteiger charge is 2.18. The molecule has 0 aliphatic carbocycles. The fourth-order valence-corrected chi connectivity index (χ4v) is 2.33. The van der Waals surface area contributed by atoms with Gasteiger partial charge in [0.25, 0.3) is 0 Å². The van der Waals surface area contributed by atoms with E-state index in [4.69, 9.17) is 9.47 Å². The summed E-state index contributed by atoms with van der Waals surface area (Å²) in [6.07, 6.45) is 0. The van der Waals surface area contributed by atoms with Gasteiger partial charge in [-0.1, -0.05) is 6.07 Å². The number of hydrogen-bond acceptors (Lipinski definition) is 4. The summed E-state index contributed by atoms with van der Waals surface area (Å²) < 4.78 is 10.6. The molecule has 1 saturated heterocycles. The van der Waals surface area contributed by atoms with E-state index >= 15 is 0 Å². The van der Waals surface area contributed by atoms with Crippen molar-refractivity contribution in [3.63, 3.8) is 0 Å². The molecule has 0 aromatic heterocycles. The van der Waals surface area contributed by atoms with E-state index in [1.807, 2.05) is 6.07 Å². The first-order valence-electron chi connectivity index (χ1n) is 6.40. The van der Waals surface area contributed by atoms with Crippen molar-refractivity contribution in [3.8, 4) is 11.5 Å². The lowest BCUT2D eigenvalue weighted by Crippen LogP contribution is -2.49. The highest BCUT2D eigenvalue weighted by Crippen LogP contribution is 2.28. The number of ether oxygens (including phenoxy) is 2. The second-order valence-corrected chi connectivity index (χ2v) is 4.71. The van der Waals surface area contributed by atoms with E-state index in [1.54, 1.807) is 14.2 Å². The molecular formula is C14H23ClN2O2. The standard InChI is InChI=1S/C14H22N2O2.ClH/c1-11-9-15-6-7-16(11)10-12-4-5-13(17-2)14(8-12)18-3;/h4-5,8,11,15H,6-7,9-10H2,1-3H3;1H/t11-;/m0./s1. The summed E-state index contributed by atoms with van der Waals surface area (Å²) in [5.74, 6) is 1.59. The normalized spacial score (nSPS) is 19.6. The molecule has 1 aliphatic rings. The fraction of sp³-hybridized carbons (Fsp3) is 0.571. The van der Waals surface area contributed by atoms with E-state index in [0.717, 1.165) is 37.7 Å². The molecule has 0 unspecified atom stereocenters. The van der Waals surface area contributed by atoms with Crippen LogP contribution >= 0.6 is 12.4 Å². The van der Waals surface area contributed by atoms with Gasteiger partial charge in [0, 0.05) is 32.2 Å². The smallest absolute Gasteiger partial charge is 0.161 e. The van der Waals surface area contributed by atoms with E-state index in [2.05, 4.69) is 29.3 Å². The number of hydrogen-bond donors (Lipinski definition) is 1. The zero-order valence-corrected chi connectivity index (χ0v) is 12.6. The Morgan fingerprint density at radius 3 is 2.63 bits per heavy atom. The van der Waals surface area contributed by atoms with Gasteiger partial charge >= 0.3 is 0 Å². The summed E-state index contributed by atoms with van der Waals surface area (Å²) in [4.78, 5) is 2.48. The van der Waals surface area contributed by atoms with E-state index in [-0.39, 0.29) is 12.4 Å². The van der Waals surface area contributed by atoms with Crippen LogP contribution in [0.4, 0.5) is 0 Å². The molecule has 0 spiro atoms. The van der Waals surface area contributed by atoms with E-state index in [1.165, 1.54) is 5.56 Å². The first-order chi connectivity index (χ1) is 8.74. The number of nitrogens with one attached hydrogen (secondary N) is 1. The molecule has 5 heteroatoms. The van der Waals surface area contributed by atoms with Crippen LogP contribution in [0.15, 0.2) is 18.2 Å². The number of methoxy groups -OCH3 is 2. The Kier molecular flexibility index (Phi) is 6.42. The van der Waals surface area contributed by atoms with Crippen molar-refractivity contribution in [1.29, 1.82) is 0 Å². The molecule has 1 N–H and O–H groups in total. The first-order valence-corrected chi connectivity index (χ1v) is 6.40. The van der Waals surface area contributed by atoms with Gasteiger partial charge in [0.15, 0.2) is 11.5 Å². The number of benzene rings is 1. The highest BCUT2D eigenvalue weighted by molar-refractivity contribution is 5.85. The topological polar surface area (TPSA) is 33.7 Å². The van der Waals surface area contributed by atoms with Gasteiger partial charge in [-0.3, -0.25) is 4.90 Å². The van der Waals surface area contributed by atoms with Crippen LogP contribution in [-0.4, -0.2) is 44.8 Å². The summed E-state index contributed by atoms with van der Waals surface area (Å²) >= 11 is 0. The van der Waals surface area contributed by atoms with Gasteiger partial charge in [-0.25, -0.2) is 0 Å². The number of halogens is 1. The first kappa shape index (κ1) is 16.1. The van der Waals surface area contributed by atoms with Crippen molar-refractivity contribution >= 4 is 12.4 Å². The van der Waals surface area contributed by atoms with Crippen LogP contribution in [0.25, 0.3) is 0 Å². The van der Waals surface area contributed by atoms with Crippen molar-refractivity contribution < 1.29 is 9.47 Å². The van der Waals surface area contributed by atoms with Crippen LogP contribution in [0.1, 0.15) is 12.5 Å². The van der Waals surface area contributed by atoms with Crippen molar-refractivity contribution in [2.75, 3.05) is 33.9 Å². The third-order valence-electron chi connectivity index (χ3n) is 3.47. The third-order valence-corrected chi connectivity index (χ3v) is 3.47. The summed E-state index contributed by atoms with van der Waals surface area (Å²) in [5, 5.41) is 3.40. The molecule has 1 heterocycles. The van der Waals surface area contributed by atoms with Crippen molar-refractivity contribution in [3.05, 3.63) is 23.8 Å². The van der Waals surface area contributed by atoms with Gasteiger partial charge in [-0.15, -0.1) is 12.4 Å². The quantitative estimate of drug-likeness (QED) is 0.917. The molecule has 108 valence electrons. The summed E-state index contributed by atoms with van der Waals surface area (Å²) in [6, 6.07) is 6.72. The Bertz CT molecular complexity index is 401. The lowest BCUT2D eigenvalue weighted by atomic mass is 10.1. The number of rotatable bonds is 4. The lowest BCUT2D eigenvalue weighted by Gasteiger charge is -2.34. The molecule has 0 saturated carbocycles. The van der Waals surface area contributed by atoms with Gasteiger partial charge < -0.3 is 14.8 Å². The Hall–Kier alpha value is -0.970. The highest BCUT2D eigenvalue weighted by atomic mass is 35.5. The van der Waals surface area contributed by atoms with Crippen molar-refractivity contribution in [1.82, 2.24) is 10.2 Å². The second-order valence-electron chi connectivity index (χ2n) is 4.71. The van der Waals surface area contributed by atoms with Crippen molar-refractivity contribution in [2.24, 2.45) is 0 Å². The number of piperazine rings is 1. The van der Waals surface area contributed by atoms with Crippen LogP contribution in [0.3, 0.4) is 0 Å². The molecule has 0 bridgehead atoms. The maximum Gasteiger partial charge on any atom is 0.161 e. The van der Waals surface area contributed by atoms with Crippen LogP contribution in [0, 0.1) is 0 Å². The number of nitrogens with zero attached hydrogens (tertiary/aromatic N) is 1. The van der Waals surface area contributed by atoms with Crippen molar-refractivity contribution in [2.45, 2.75) is 19.5 Å². The minimum atomic E-state index is 0. The predicted octanol–water partition coefficient (Wildman–Crippen LogP) is 1.92. The second kappa shape index (κ2) is 7.58. The van der Waals surface area contributed by atoms with Crippen LogP contribution in [0.5, 0.6) is 11.5 Å². The summed E-state index contributed by atoms with van der Waals surface area (Å²) in [6.45, 7) is 6.44. The maximum atomic E-state index is 5.34. The summed E-state index contributed by atoms with van der Waals surface area (Å²) in [5.41, 5.74) is 1.27. The van der Waals surface area contributed by atoms with Crippen LogP contribution < -0.4 is 14.8 Å². The molecule has 1 aromatic carbocycles. The molecule has 4 nitrogen and oxygen atoms in total. The Balaban J connectivity index is 0.00000180. The van der Waals surface area contributed by atoms with Gasteiger partial charge in [0.05, 0.1) is 14.2 Å². The van der Waals surface area contributed by atoms with Gasteiger partial charge in [0.1, 0.15) is 0 Å². The molecular weight excluding hydrogens is 264 g/mol. The molecule has 1 aliphatic heterocycles. The van der Waals surface area contributed by atoms with Crippen LogP contribution in [0.2, 0.25) is 0 Å². The third kappa shape index (κ3) is 4.00. The van der Waals surface area contributed by atoms with E-state index in [0.29, 0.717) is 6.04 Å². The Labute approximate surface area is 121 Å². The Morgan fingerprint density at radius 1 is 1.26 bits per heavy atom. The Morgan fingerprint density at radius 2 is 2.00 bits per heavy atom. The van der Waals surface area contributed by atoms with Gasteiger partial charge in [0.2, 0.25) is 0 Å². The van der Waals surface area contributed by atoms with Gasteiger partial charge in [-0.05, 0) is 24.6 Å². The average molecular weight is 287 g/mol. The largest absolute Gasteiger partial charge is 0.493 e. The zero-order chi connectivity index (χ0) is 13.0. The molecule has 1 atom stereocenters. The van der Waals surface area contributed by atoms with E-state index < -0.39 is 0 Å².